The van der Waals surface area contributed by atoms with Crippen LogP contribution in [0.15, 0.2) is 6.08 Å². The van der Waals surface area contributed by atoms with Gasteiger partial charge in [-0.1, -0.05) is 0 Å². The van der Waals surface area contributed by atoms with E-state index in [0.717, 1.165) is 6.08 Å². The Morgan fingerprint density at radius 3 is 2.00 bits per heavy atom. The van der Waals surface area contributed by atoms with Gasteiger partial charge in [0, 0.05) is 0 Å². The van der Waals surface area contributed by atoms with Crippen LogP contribution in [0.3, 0.4) is 0 Å². The molecule has 0 radical (unpaired) electrons. The number of allylic oxidation sites excluding steroid dienone is 1. The largest absolute Gasteiger partial charge is 2.00 e. The van der Waals surface area contributed by atoms with Crippen LogP contribution in [0.25, 0.3) is 0 Å². The summed E-state index contributed by atoms with van der Waals surface area (Å²) in [6, 6.07) is 0. The molecule has 22 valence electrons. The van der Waals surface area contributed by atoms with Crippen LogP contribution >= 0.6 is 0 Å². The summed E-state index contributed by atoms with van der Waals surface area (Å²) in [6.07, 6.45) is 2.15. The number of rotatable bonds is 1. The fourth-order valence-corrected chi connectivity index (χ4v) is 0. The molecular formula is C3H2BaO. The molecule has 0 bridgehead atoms. The summed E-state index contributed by atoms with van der Waals surface area (Å²) in [5, 5.41) is 0. The van der Waals surface area contributed by atoms with Crippen LogP contribution in [0.5, 0.6) is 0 Å². The molecule has 0 aliphatic rings. The molecule has 0 saturated heterocycles. The van der Waals surface area contributed by atoms with Crippen LogP contribution < -0.4 is 0 Å². The molecule has 0 amide bonds. The summed E-state index contributed by atoms with van der Waals surface area (Å²) in [6.45, 7) is 4.48. The molecule has 0 N–H and O–H groups in total. The first-order chi connectivity index (χ1) is 1.91. The molecule has 1 nitrogen and oxygen atoms in total. The van der Waals surface area contributed by atoms with Crippen LogP contribution in [0.2, 0.25) is 0 Å². The Bertz CT molecular complexity index is 27.9. The monoisotopic (exact) mass is 192 g/mol. The van der Waals surface area contributed by atoms with Crippen molar-refractivity contribution in [1.29, 1.82) is 0 Å². The normalized spacial score (nSPS) is 4.00. The molecule has 0 rings (SSSR count). The average Bonchev–Trinajstić information content (AvgIpc) is 1.37. The minimum absolute atomic E-state index is 0. The first-order valence-electron chi connectivity index (χ1n) is 0.826. The van der Waals surface area contributed by atoms with Crippen molar-refractivity contribution >= 4 is 55.2 Å². The SMILES string of the molecule is [Ba+2].[CH-]=C[C-]=O. The molecule has 0 saturated carbocycles. The number of carbonyl (C=O) groups excluding carboxylic acids is 1. The average molecular weight is 191 g/mol. The molecule has 0 fully saturated rings. The van der Waals surface area contributed by atoms with E-state index >= 15 is 0 Å². The molecular weight excluding hydrogens is 189 g/mol. The second-order valence-electron chi connectivity index (χ2n) is 0.285. The molecule has 0 aliphatic carbocycles. The molecule has 0 heterocycles. The second-order valence-corrected chi connectivity index (χ2v) is 0.285. The summed E-state index contributed by atoms with van der Waals surface area (Å²) in [5.74, 6) is 0. The Kier molecular flexibility index (Phi) is 16.6. The van der Waals surface area contributed by atoms with Gasteiger partial charge in [0.1, 0.15) is 0 Å². The van der Waals surface area contributed by atoms with Crippen molar-refractivity contribution in [2.75, 3.05) is 0 Å². The van der Waals surface area contributed by atoms with E-state index < -0.39 is 0 Å². The maximum absolute atomic E-state index is 8.87. The summed E-state index contributed by atoms with van der Waals surface area (Å²) in [7, 11) is 0. The minimum Gasteiger partial charge on any atom is -0.547 e. The Balaban J connectivity index is 0. The van der Waals surface area contributed by atoms with Gasteiger partial charge >= 0.3 is 48.9 Å². The van der Waals surface area contributed by atoms with Gasteiger partial charge in [-0.25, -0.2) is 0 Å². The van der Waals surface area contributed by atoms with Gasteiger partial charge in [-0.05, 0) is 0 Å². The van der Waals surface area contributed by atoms with Crippen molar-refractivity contribution in [3.05, 3.63) is 12.7 Å². The Hall–Kier alpha value is 0.981. The van der Waals surface area contributed by atoms with Crippen LogP contribution in [-0.2, 0) is 4.79 Å². The predicted molar refractivity (Wildman–Crippen MR) is 20.3 cm³/mol. The van der Waals surface area contributed by atoms with Crippen molar-refractivity contribution in [3.63, 3.8) is 0 Å². The van der Waals surface area contributed by atoms with E-state index in [1.54, 1.807) is 0 Å². The molecule has 5 heavy (non-hydrogen) atoms. The smallest absolute Gasteiger partial charge is 0.547 e. The van der Waals surface area contributed by atoms with Gasteiger partial charge in [0.15, 0.2) is 0 Å². The zero-order chi connectivity index (χ0) is 3.41. The van der Waals surface area contributed by atoms with Crippen LogP contribution in [-0.4, -0.2) is 55.2 Å². The Morgan fingerprint density at radius 2 is 2.00 bits per heavy atom. The Morgan fingerprint density at radius 1 is 1.80 bits per heavy atom. The zero-order valence-electron chi connectivity index (χ0n) is 2.77. The second kappa shape index (κ2) is 8.88. The van der Waals surface area contributed by atoms with Gasteiger partial charge in [0.2, 0.25) is 0 Å². The summed E-state index contributed by atoms with van der Waals surface area (Å²) in [4.78, 5) is 8.87. The fourth-order valence-electron chi connectivity index (χ4n) is 0. The van der Waals surface area contributed by atoms with E-state index in [4.69, 9.17) is 4.79 Å². The molecule has 0 aromatic heterocycles. The maximum atomic E-state index is 8.87. The van der Waals surface area contributed by atoms with Crippen molar-refractivity contribution in [3.8, 4) is 0 Å². The number of hydrogen-bond acceptors (Lipinski definition) is 1. The topological polar surface area (TPSA) is 17.1 Å². The van der Waals surface area contributed by atoms with Crippen LogP contribution in [0.1, 0.15) is 0 Å². The van der Waals surface area contributed by atoms with Gasteiger partial charge in [0.25, 0.3) is 0 Å². The molecule has 0 spiro atoms. The molecule has 0 aromatic carbocycles. The first-order valence-corrected chi connectivity index (χ1v) is 0.826. The quantitative estimate of drug-likeness (QED) is 0.316. The van der Waals surface area contributed by atoms with Crippen molar-refractivity contribution in [2.24, 2.45) is 0 Å². The van der Waals surface area contributed by atoms with Gasteiger partial charge in [-0.3, -0.25) is 6.29 Å². The van der Waals surface area contributed by atoms with Gasteiger partial charge in [-0.2, -0.15) is 0 Å². The van der Waals surface area contributed by atoms with Crippen molar-refractivity contribution in [2.45, 2.75) is 0 Å². The van der Waals surface area contributed by atoms with Gasteiger partial charge in [-0.15, -0.1) is 0 Å². The van der Waals surface area contributed by atoms with Crippen molar-refractivity contribution < 1.29 is 4.79 Å². The number of hydrogen-bond donors (Lipinski definition) is 0. The van der Waals surface area contributed by atoms with Crippen LogP contribution in [0.4, 0.5) is 0 Å². The molecule has 0 aromatic rings. The third-order valence-electron chi connectivity index (χ3n) is 0.0680. The maximum Gasteiger partial charge on any atom is 2.00 e. The third kappa shape index (κ3) is 11.3. The predicted octanol–water partition coefficient (Wildman–Crippen LogP) is -0.296. The van der Waals surface area contributed by atoms with E-state index in [-0.39, 0.29) is 48.9 Å². The summed E-state index contributed by atoms with van der Waals surface area (Å²) < 4.78 is 0. The first kappa shape index (κ1) is 9.36. The molecule has 2 heteroatoms. The Labute approximate surface area is 71.5 Å². The zero-order valence-corrected chi connectivity index (χ0v) is 7.21. The minimum atomic E-state index is 0. The van der Waals surface area contributed by atoms with Gasteiger partial charge in [0.05, 0.1) is 0 Å². The van der Waals surface area contributed by atoms with E-state index in [1.165, 1.54) is 6.29 Å². The molecule has 0 aliphatic heterocycles. The van der Waals surface area contributed by atoms with E-state index in [0.29, 0.717) is 0 Å². The van der Waals surface area contributed by atoms with E-state index in [2.05, 4.69) is 6.58 Å². The summed E-state index contributed by atoms with van der Waals surface area (Å²) in [5.41, 5.74) is 0. The van der Waals surface area contributed by atoms with E-state index in [9.17, 15) is 0 Å². The van der Waals surface area contributed by atoms with Crippen molar-refractivity contribution in [1.82, 2.24) is 0 Å². The van der Waals surface area contributed by atoms with E-state index in [1.807, 2.05) is 0 Å². The summed E-state index contributed by atoms with van der Waals surface area (Å²) >= 11 is 0. The fraction of sp³-hybridized carbons (Fsp3) is 0. The standard InChI is InChI=1S/C3H2O.Ba/c1-2-3-4;/h1-2H;/q-2;+2. The van der Waals surface area contributed by atoms with Crippen LogP contribution in [0, 0.1) is 6.58 Å². The third-order valence-corrected chi connectivity index (χ3v) is 0.0680. The molecule has 0 unspecified atom stereocenters. The van der Waals surface area contributed by atoms with Gasteiger partial charge < -0.3 is 17.4 Å². The molecule has 0 atom stereocenters.